The van der Waals surface area contributed by atoms with E-state index in [1.54, 1.807) is 24.3 Å². The second-order valence-electron chi connectivity index (χ2n) is 7.67. The molecule has 1 aromatic heterocycles. The molecule has 0 bridgehead atoms. The van der Waals surface area contributed by atoms with E-state index in [1.807, 2.05) is 37.3 Å². The van der Waals surface area contributed by atoms with Crippen molar-refractivity contribution in [2.75, 3.05) is 5.32 Å². The first-order valence-electron chi connectivity index (χ1n) is 9.56. The summed E-state index contributed by atoms with van der Waals surface area (Å²) in [5.41, 5.74) is 3.63. The zero-order valence-corrected chi connectivity index (χ0v) is 18.0. The van der Waals surface area contributed by atoms with Gasteiger partial charge in [-0.1, -0.05) is 47.6 Å². The summed E-state index contributed by atoms with van der Waals surface area (Å²) in [4.78, 5) is 31.5. The Balaban J connectivity index is 1.65. The molecule has 2 aromatic carbocycles. The van der Waals surface area contributed by atoms with Crippen molar-refractivity contribution in [2.45, 2.75) is 38.8 Å². The lowest BCUT2D eigenvalue weighted by Crippen LogP contribution is -2.17. The number of hydrogen-bond acceptors (Lipinski definition) is 4. The van der Waals surface area contributed by atoms with Gasteiger partial charge in [0.1, 0.15) is 0 Å². The van der Waals surface area contributed by atoms with Crippen LogP contribution in [0.4, 0.5) is 5.69 Å². The Morgan fingerprint density at radius 3 is 2.33 bits per heavy atom. The number of carbonyl (C=O) groups is 1. The molecule has 158 valence electrons. The molecule has 1 heterocycles. The fraction of sp³-hybridized carbons (Fsp3) is 0.273. The summed E-state index contributed by atoms with van der Waals surface area (Å²) in [5.74, 6) is 0.501. The topological polar surface area (TPSA) is 113 Å². The highest BCUT2D eigenvalue weighted by Gasteiger charge is 2.39. The van der Waals surface area contributed by atoms with Crippen LogP contribution in [0, 0.1) is 6.92 Å². The van der Waals surface area contributed by atoms with Crippen LogP contribution in [0.5, 0.6) is 0 Å². The number of anilines is 1. The standard InChI is InChI=1S/C22H25N2O5P/c1-15-19(21(29-24-15)16-7-5-4-6-8-16)13-14-20(25)23-18-11-9-17(10-12-18)22(2,3)30(26,27)28/h4-12H,13-14H2,1-3H3,(H,23,25)(H2,26,27,28). The van der Waals surface area contributed by atoms with E-state index in [-0.39, 0.29) is 12.3 Å². The zero-order chi connectivity index (χ0) is 21.9. The van der Waals surface area contributed by atoms with Crippen LogP contribution < -0.4 is 5.32 Å². The molecule has 0 fully saturated rings. The van der Waals surface area contributed by atoms with Crippen LogP contribution in [0.2, 0.25) is 0 Å². The molecule has 0 aliphatic carbocycles. The molecule has 0 spiro atoms. The molecule has 0 aliphatic rings. The van der Waals surface area contributed by atoms with Gasteiger partial charge in [-0.2, -0.15) is 0 Å². The maximum Gasteiger partial charge on any atom is 0.335 e. The number of aryl methyl sites for hydroxylation is 1. The molecule has 7 nitrogen and oxygen atoms in total. The van der Waals surface area contributed by atoms with Gasteiger partial charge in [0.2, 0.25) is 5.91 Å². The van der Waals surface area contributed by atoms with Crippen molar-refractivity contribution in [1.29, 1.82) is 0 Å². The molecular formula is C22H25N2O5P. The van der Waals surface area contributed by atoms with Crippen molar-refractivity contribution >= 4 is 19.2 Å². The normalized spacial score (nSPS) is 12.0. The predicted molar refractivity (Wildman–Crippen MR) is 115 cm³/mol. The third kappa shape index (κ3) is 4.70. The Kier molecular flexibility index (Phi) is 6.27. The van der Waals surface area contributed by atoms with Crippen molar-refractivity contribution < 1.29 is 23.7 Å². The van der Waals surface area contributed by atoms with Crippen LogP contribution in [0.1, 0.15) is 37.1 Å². The van der Waals surface area contributed by atoms with E-state index < -0.39 is 12.8 Å². The van der Waals surface area contributed by atoms with E-state index in [1.165, 1.54) is 13.8 Å². The van der Waals surface area contributed by atoms with Crippen molar-refractivity contribution in [2.24, 2.45) is 0 Å². The van der Waals surface area contributed by atoms with E-state index in [0.717, 1.165) is 16.8 Å². The Morgan fingerprint density at radius 1 is 1.10 bits per heavy atom. The third-order valence-electron chi connectivity index (χ3n) is 5.23. The fourth-order valence-electron chi connectivity index (χ4n) is 3.09. The SMILES string of the molecule is Cc1noc(-c2ccccc2)c1CCC(=O)Nc1ccc(C(C)(C)P(=O)(O)O)cc1. The summed E-state index contributed by atoms with van der Waals surface area (Å²) in [7, 11) is -4.31. The molecule has 3 aromatic rings. The van der Waals surface area contributed by atoms with Crippen molar-refractivity contribution in [1.82, 2.24) is 5.16 Å². The number of benzene rings is 2. The summed E-state index contributed by atoms with van der Waals surface area (Å²) in [6.07, 6.45) is 0.729. The van der Waals surface area contributed by atoms with Crippen LogP contribution in [-0.2, 0) is 20.9 Å². The van der Waals surface area contributed by atoms with Gasteiger partial charge in [0.15, 0.2) is 5.76 Å². The van der Waals surface area contributed by atoms with Gasteiger partial charge in [-0.05, 0) is 44.9 Å². The highest BCUT2D eigenvalue weighted by molar-refractivity contribution is 7.53. The first kappa shape index (κ1) is 22.0. The lowest BCUT2D eigenvalue weighted by molar-refractivity contribution is -0.116. The van der Waals surface area contributed by atoms with Gasteiger partial charge in [0.05, 0.1) is 10.9 Å². The van der Waals surface area contributed by atoms with Crippen molar-refractivity contribution in [3.8, 4) is 11.3 Å². The Labute approximate surface area is 175 Å². The van der Waals surface area contributed by atoms with Crippen LogP contribution in [0.25, 0.3) is 11.3 Å². The zero-order valence-electron chi connectivity index (χ0n) is 17.1. The minimum absolute atomic E-state index is 0.170. The molecule has 0 atom stereocenters. The molecule has 0 radical (unpaired) electrons. The van der Waals surface area contributed by atoms with E-state index in [2.05, 4.69) is 10.5 Å². The van der Waals surface area contributed by atoms with Gasteiger partial charge in [0.25, 0.3) is 0 Å². The number of hydrogen-bond donors (Lipinski definition) is 3. The van der Waals surface area contributed by atoms with Crippen molar-refractivity contribution in [3.63, 3.8) is 0 Å². The molecule has 0 unspecified atom stereocenters. The summed E-state index contributed by atoms with van der Waals surface area (Å²) in [5, 5.41) is 5.56. The van der Waals surface area contributed by atoms with Gasteiger partial charge in [0, 0.05) is 23.2 Å². The van der Waals surface area contributed by atoms with E-state index in [9.17, 15) is 19.1 Å². The van der Waals surface area contributed by atoms with Gasteiger partial charge in [-0.15, -0.1) is 0 Å². The van der Waals surface area contributed by atoms with E-state index >= 15 is 0 Å². The van der Waals surface area contributed by atoms with Gasteiger partial charge < -0.3 is 19.6 Å². The number of rotatable bonds is 7. The maximum atomic E-state index is 12.4. The average molecular weight is 428 g/mol. The number of nitrogens with zero attached hydrogens (tertiary/aromatic N) is 1. The largest absolute Gasteiger partial charge is 0.356 e. The molecule has 3 N–H and O–H groups in total. The Hall–Kier alpha value is -2.73. The predicted octanol–water partition coefficient (Wildman–Crippen LogP) is 4.63. The van der Waals surface area contributed by atoms with Crippen molar-refractivity contribution in [3.05, 3.63) is 71.4 Å². The monoisotopic (exact) mass is 428 g/mol. The second-order valence-corrected chi connectivity index (χ2v) is 9.88. The minimum Gasteiger partial charge on any atom is -0.356 e. The summed E-state index contributed by atoms with van der Waals surface area (Å²) in [6, 6.07) is 16.1. The Bertz CT molecular complexity index is 1070. The molecule has 0 saturated heterocycles. The van der Waals surface area contributed by atoms with E-state index in [0.29, 0.717) is 23.4 Å². The first-order valence-corrected chi connectivity index (χ1v) is 11.2. The van der Waals surface area contributed by atoms with Gasteiger partial charge in [-0.25, -0.2) is 0 Å². The number of amides is 1. The molecule has 30 heavy (non-hydrogen) atoms. The third-order valence-corrected chi connectivity index (χ3v) is 6.94. The second kappa shape index (κ2) is 8.56. The number of carbonyl (C=O) groups excluding carboxylic acids is 1. The molecule has 3 rings (SSSR count). The first-order chi connectivity index (χ1) is 14.1. The van der Waals surface area contributed by atoms with E-state index in [4.69, 9.17) is 4.52 Å². The summed E-state index contributed by atoms with van der Waals surface area (Å²) < 4.78 is 17.1. The molecule has 8 heteroatoms. The molecule has 0 saturated carbocycles. The highest BCUT2D eigenvalue weighted by Crippen LogP contribution is 2.56. The van der Waals surface area contributed by atoms with Crippen LogP contribution in [-0.4, -0.2) is 20.9 Å². The lowest BCUT2D eigenvalue weighted by atomic mass is 10.0. The molecule has 1 amide bonds. The van der Waals surface area contributed by atoms with Crippen LogP contribution in [0.3, 0.4) is 0 Å². The number of aromatic nitrogens is 1. The van der Waals surface area contributed by atoms with Gasteiger partial charge >= 0.3 is 7.60 Å². The van der Waals surface area contributed by atoms with Crippen LogP contribution in [0.15, 0.2) is 59.1 Å². The lowest BCUT2D eigenvalue weighted by Gasteiger charge is -2.26. The van der Waals surface area contributed by atoms with Gasteiger partial charge in [-0.3, -0.25) is 9.36 Å². The summed E-state index contributed by atoms with van der Waals surface area (Å²) >= 11 is 0. The maximum absolute atomic E-state index is 12.4. The molecular weight excluding hydrogens is 403 g/mol. The smallest absolute Gasteiger partial charge is 0.335 e. The van der Waals surface area contributed by atoms with Crippen LogP contribution >= 0.6 is 7.60 Å². The highest BCUT2D eigenvalue weighted by atomic mass is 31.2. The fourth-order valence-corrected chi connectivity index (χ4v) is 3.58. The average Bonchev–Trinajstić information content (AvgIpc) is 3.07. The Morgan fingerprint density at radius 2 is 1.73 bits per heavy atom. The summed E-state index contributed by atoms with van der Waals surface area (Å²) in [6.45, 7) is 4.84. The number of nitrogens with one attached hydrogen (secondary N) is 1. The quantitative estimate of drug-likeness (QED) is 0.473. The molecule has 0 aliphatic heterocycles. The minimum atomic E-state index is -4.31.